The summed E-state index contributed by atoms with van der Waals surface area (Å²) in [5, 5.41) is 2.42. The smallest absolute Gasteiger partial charge is 0.164 e. The fourth-order valence-corrected chi connectivity index (χ4v) is 10.5. The third-order valence-electron chi connectivity index (χ3n) is 12.3. The first kappa shape index (κ1) is 34.7. The van der Waals surface area contributed by atoms with E-state index in [1.165, 1.54) is 70.3 Å². The molecule has 4 aliphatic rings. The number of allylic oxidation sites excluding steroid dienone is 14. The van der Waals surface area contributed by atoms with E-state index in [4.69, 9.17) is 15.0 Å². The summed E-state index contributed by atoms with van der Waals surface area (Å²) in [6, 6.07) is 41.9. The van der Waals surface area contributed by atoms with E-state index in [0.29, 0.717) is 11.8 Å². The highest BCUT2D eigenvalue weighted by Crippen LogP contribution is 2.51. The van der Waals surface area contributed by atoms with Gasteiger partial charge in [-0.3, -0.25) is 0 Å². The Morgan fingerprint density at radius 3 is 2.33 bits per heavy atom. The maximum atomic E-state index is 5.39. The van der Waals surface area contributed by atoms with Gasteiger partial charge in [0.25, 0.3) is 0 Å². The molecule has 0 N–H and O–H groups in total. The molecule has 3 atom stereocenters. The maximum absolute atomic E-state index is 5.39. The fraction of sp³-hybridized carbons (Fsp3) is 0.130. The second kappa shape index (κ2) is 14.5. The predicted molar refractivity (Wildman–Crippen MR) is 243 cm³/mol. The maximum Gasteiger partial charge on any atom is 0.164 e. The van der Waals surface area contributed by atoms with Gasteiger partial charge in [-0.25, -0.2) is 15.0 Å². The van der Waals surface area contributed by atoms with E-state index in [2.05, 4.69) is 183 Å². The first-order valence-corrected chi connectivity index (χ1v) is 21.3. The SMILES string of the molecule is CC1C2=CC(C3=CC(c4nc(C5=CC=CC=CC5)nc(-c5cccc6sc7ccc(-c8cccc(-c9ccccc9)c8)cc7c56)n4)CC=C3)=CCC2c2ccccc21. The van der Waals surface area contributed by atoms with Crippen LogP contribution in [0.4, 0.5) is 0 Å². The molecule has 3 unspecified atom stereocenters. The molecule has 0 saturated carbocycles. The van der Waals surface area contributed by atoms with E-state index in [0.717, 1.165) is 47.9 Å². The number of thiophene rings is 1. The van der Waals surface area contributed by atoms with E-state index >= 15 is 0 Å². The molecule has 0 amide bonds. The summed E-state index contributed by atoms with van der Waals surface area (Å²) < 4.78 is 2.48. The van der Waals surface area contributed by atoms with Crippen molar-refractivity contribution in [1.29, 1.82) is 0 Å². The van der Waals surface area contributed by atoms with Crippen LogP contribution in [0, 0.1) is 0 Å². The van der Waals surface area contributed by atoms with Crippen molar-refractivity contribution in [1.82, 2.24) is 15.0 Å². The van der Waals surface area contributed by atoms with E-state index in [1.807, 2.05) is 11.3 Å². The van der Waals surface area contributed by atoms with Crippen LogP contribution >= 0.6 is 11.3 Å². The van der Waals surface area contributed by atoms with Crippen molar-refractivity contribution in [3.63, 3.8) is 0 Å². The Balaban J connectivity index is 1.01. The minimum Gasteiger partial charge on any atom is -0.213 e. The minimum atomic E-state index is 0.0232. The van der Waals surface area contributed by atoms with Crippen molar-refractivity contribution in [2.45, 2.75) is 43.9 Å². The third kappa shape index (κ3) is 6.16. The Bertz CT molecular complexity index is 3000. The Morgan fingerprint density at radius 2 is 1.41 bits per heavy atom. The minimum absolute atomic E-state index is 0.0232. The molecule has 2 heterocycles. The molecule has 0 aliphatic heterocycles. The molecule has 0 spiro atoms. The zero-order chi connectivity index (χ0) is 38.6. The van der Waals surface area contributed by atoms with Crippen molar-refractivity contribution >= 4 is 37.1 Å². The van der Waals surface area contributed by atoms with Gasteiger partial charge in [-0.15, -0.1) is 11.3 Å². The van der Waals surface area contributed by atoms with E-state index < -0.39 is 0 Å². The lowest BCUT2D eigenvalue weighted by molar-refractivity contribution is 0.748. The number of hydrogen-bond acceptors (Lipinski definition) is 4. The second-order valence-electron chi connectivity index (χ2n) is 15.8. The van der Waals surface area contributed by atoms with Gasteiger partial charge in [0.2, 0.25) is 0 Å². The summed E-state index contributed by atoms with van der Waals surface area (Å²) in [4.78, 5) is 15.9. The van der Waals surface area contributed by atoms with Gasteiger partial charge in [-0.2, -0.15) is 0 Å². The van der Waals surface area contributed by atoms with Crippen molar-refractivity contribution in [2.75, 3.05) is 0 Å². The largest absolute Gasteiger partial charge is 0.213 e. The molecule has 278 valence electrons. The topological polar surface area (TPSA) is 38.7 Å². The zero-order valence-corrected chi connectivity index (χ0v) is 33.2. The average molecular weight is 764 g/mol. The van der Waals surface area contributed by atoms with Gasteiger partial charge in [0.15, 0.2) is 11.6 Å². The van der Waals surface area contributed by atoms with Crippen LogP contribution in [0.15, 0.2) is 193 Å². The number of nitrogens with zero attached hydrogens (tertiary/aromatic N) is 3. The summed E-state index contributed by atoms with van der Waals surface area (Å²) in [6.45, 7) is 2.36. The standard InChI is InChI=1S/C54H41N3S/c1-34-43-22-9-10-23-44(43)45-28-26-40(32-47(34)45)39-20-12-21-42(31-39)53-55-52(36-16-5-2-3-6-17-36)56-54(57-53)46-24-13-25-50-51(46)48-33-41(27-29-49(48)58-50)38-19-11-18-37(30-38)35-14-7-4-8-15-35/h2-16,18-20,22-27,29-34,42,45H,17,21,28H2,1H3. The van der Waals surface area contributed by atoms with Gasteiger partial charge in [-0.1, -0.05) is 164 Å². The molecular formula is C54H41N3S. The first-order chi connectivity index (χ1) is 28.6. The monoisotopic (exact) mass is 763 g/mol. The molecular weight excluding hydrogens is 723 g/mol. The molecule has 5 aromatic carbocycles. The molecule has 3 nitrogen and oxygen atoms in total. The highest BCUT2D eigenvalue weighted by Gasteiger charge is 2.34. The summed E-state index contributed by atoms with van der Waals surface area (Å²) in [5.74, 6) is 3.23. The number of rotatable bonds is 6. The third-order valence-corrected chi connectivity index (χ3v) is 13.5. The van der Waals surface area contributed by atoms with E-state index in [1.54, 1.807) is 0 Å². The number of fused-ring (bicyclic) bond motifs is 6. The summed E-state index contributed by atoms with van der Waals surface area (Å²) in [5.41, 5.74) is 14.0. The summed E-state index contributed by atoms with van der Waals surface area (Å²) in [6.07, 6.45) is 25.1. The molecule has 7 aromatic rings. The summed E-state index contributed by atoms with van der Waals surface area (Å²) >= 11 is 1.83. The van der Waals surface area contributed by atoms with Crippen LogP contribution in [0.1, 0.15) is 66.7 Å². The molecule has 0 radical (unpaired) electrons. The molecule has 4 aliphatic carbocycles. The van der Waals surface area contributed by atoms with Crippen molar-refractivity contribution in [3.05, 3.63) is 216 Å². The molecule has 58 heavy (non-hydrogen) atoms. The molecule has 11 rings (SSSR count). The molecule has 4 heteroatoms. The number of hydrogen-bond donors (Lipinski definition) is 0. The van der Waals surface area contributed by atoms with Gasteiger partial charge in [0, 0.05) is 49.1 Å². The van der Waals surface area contributed by atoms with Gasteiger partial charge >= 0.3 is 0 Å². The van der Waals surface area contributed by atoms with Gasteiger partial charge in [-0.05, 0) is 88.1 Å². The summed E-state index contributed by atoms with van der Waals surface area (Å²) in [7, 11) is 0. The predicted octanol–water partition coefficient (Wildman–Crippen LogP) is 14.3. The van der Waals surface area contributed by atoms with Crippen LogP contribution in [-0.4, -0.2) is 15.0 Å². The van der Waals surface area contributed by atoms with E-state index in [-0.39, 0.29) is 5.92 Å². The quantitative estimate of drug-likeness (QED) is 0.169. The van der Waals surface area contributed by atoms with Crippen molar-refractivity contribution < 1.29 is 0 Å². The van der Waals surface area contributed by atoms with Crippen molar-refractivity contribution in [3.8, 4) is 33.6 Å². The van der Waals surface area contributed by atoms with Crippen LogP contribution < -0.4 is 0 Å². The average Bonchev–Trinajstić information content (AvgIpc) is 3.65. The highest BCUT2D eigenvalue weighted by atomic mass is 32.1. The van der Waals surface area contributed by atoms with Crippen LogP contribution in [0.3, 0.4) is 0 Å². The van der Waals surface area contributed by atoms with E-state index in [9.17, 15) is 0 Å². The highest BCUT2D eigenvalue weighted by molar-refractivity contribution is 7.26. The molecule has 0 saturated heterocycles. The lowest BCUT2D eigenvalue weighted by Gasteiger charge is -2.23. The van der Waals surface area contributed by atoms with Crippen LogP contribution in [-0.2, 0) is 0 Å². The number of aromatic nitrogens is 3. The lowest BCUT2D eigenvalue weighted by Crippen LogP contribution is -2.11. The Morgan fingerprint density at radius 1 is 0.621 bits per heavy atom. The van der Waals surface area contributed by atoms with Crippen molar-refractivity contribution in [2.24, 2.45) is 0 Å². The molecule has 0 bridgehead atoms. The van der Waals surface area contributed by atoms with Crippen LogP contribution in [0.5, 0.6) is 0 Å². The number of benzene rings is 5. The fourth-order valence-electron chi connectivity index (χ4n) is 9.38. The normalized spacial score (nSPS) is 19.6. The van der Waals surface area contributed by atoms with Gasteiger partial charge in [0.05, 0.1) is 0 Å². The lowest BCUT2D eigenvalue weighted by atomic mass is 9.82. The van der Waals surface area contributed by atoms with Crippen LogP contribution in [0.25, 0.3) is 59.4 Å². The van der Waals surface area contributed by atoms with Crippen LogP contribution in [0.2, 0.25) is 0 Å². The van der Waals surface area contributed by atoms with Gasteiger partial charge in [0.1, 0.15) is 5.82 Å². The molecule has 0 fully saturated rings. The Labute approximate surface area is 343 Å². The van der Waals surface area contributed by atoms with Gasteiger partial charge < -0.3 is 0 Å². The molecule has 2 aromatic heterocycles. The zero-order valence-electron chi connectivity index (χ0n) is 32.3. The Hall–Kier alpha value is -6.49. The Kier molecular flexibility index (Phi) is 8.66. The first-order valence-electron chi connectivity index (χ1n) is 20.4. The second-order valence-corrected chi connectivity index (χ2v) is 16.9.